The van der Waals surface area contributed by atoms with Gasteiger partial charge in [-0.2, -0.15) is 0 Å². The summed E-state index contributed by atoms with van der Waals surface area (Å²) in [4.78, 5) is 2.45. The number of nitrogens with zero attached hydrogens (tertiary/aromatic N) is 1. The molecule has 0 N–H and O–H groups in total. The molecular formula is C58H37NS2. The van der Waals surface area contributed by atoms with E-state index >= 15 is 0 Å². The fourth-order valence-electron chi connectivity index (χ4n) is 9.19. The maximum Gasteiger partial charge on any atom is 0.0540 e. The molecule has 12 rings (SSSR count). The number of hydrogen-bond donors (Lipinski definition) is 0. The van der Waals surface area contributed by atoms with Crippen molar-refractivity contribution in [1.29, 1.82) is 0 Å². The van der Waals surface area contributed by atoms with E-state index in [2.05, 4.69) is 229 Å². The fraction of sp³-hybridized carbons (Fsp3) is 0. The van der Waals surface area contributed by atoms with E-state index in [1.165, 1.54) is 95.6 Å². The topological polar surface area (TPSA) is 3.24 Å². The Morgan fingerprint density at radius 3 is 1.69 bits per heavy atom. The predicted octanol–water partition coefficient (Wildman–Crippen LogP) is 17.7. The molecule has 0 amide bonds. The van der Waals surface area contributed by atoms with Gasteiger partial charge in [-0.05, 0) is 110 Å². The number of rotatable bonds is 7. The molecule has 10 aromatic carbocycles. The van der Waals surface area contributed by atoms with Crippen molar-refractivity contribution in [3.63, 3.8) is 0 Å². The second-order valence-corrected chi connectivity index (χ2v) is 17.8. The van der Waals surface area contributed by atoms with Crippen LogP contribution in [0.1, 0.15) is 0 Å². The number of benzene rings is 10. The van der Waals surface area contributed by atoms with Crippen LogP contribution in [-0.4, -0.2) is 0 Å². The van der Waals surface area contributed by atoms with Crippen molar-refractivity contribution >= 4 is 90.9 Å². The highest BCUT2D eigenvalue weighted by molar-refractivity contribution is 7.26. The zero-order valence-electron chi connectivity index (χ0n) is 33.1. The summed E-state index contributed by atoms with van der Waals surface area (Å²) in [6, 6.07) is 82.5. The molecule has 0 radical (unpaired) electrons. The van der Waals surface area contributed by atoms with Crippen LogP contribution in [-0.2, 0) is 0 Å². The normalized spacial score (nSPS) is 11.6. The van der Waals surface area contributed by atoms with Crippen molar-refractivity contribution in [3.05, 3.63) is 224 Å². The smallest absolute Gasteiger partial charge is 0.0540 e. The molecular weight excluding hydrogens is 775 g/mol. The Morgan fingerprint density at radius 1 is 0.279 bits per heavy atom. The van der Waals surface area contributed by atoms with Crippen LogP contribution in [0.25, 0.3) is 95.6 Å². The van der Waals surface area contributed by atoms with Gasteiger partial charge in [0.25, 0.3) is 0 Å². The number of para-hydroxylation sites is 1. The Morgan fingerprint density at radius 2 is 0.852 bits per heavy atom. The molecule has 286 valence electrons. The van der Waals surface area contributed by atoms with Gasteiger partial charge in [0.2, 0.25) is 0 Å². The average Bonchev–Trinajstić information content (AvgIpc) is 3.90. The predicted molar refractivity (Wildman–Crippen MR) is 266 cm³/mol. The van der Waals surface area contributed by atoms with Crippen molar-refractivity contribution in [2.45, 2.75) is 0 Å². The van der Waals surface area contributed by atoms with Crippen LogP contribution in [0.15, 0.2) is 224 Å². The largest absolute Gasteiger partial charge is 0.310 e. The minimum absolute atomic E-state index is 1.10. The molecule has 0 aliphatic rings. The second kappa shape index (κ2) is 14.8. The van der Waals surface area contributed by atoms with E-state index in [4.69, 9.17) is 0 Å². The standard InChI is InChI=1S/C58H37NS2/c1-2-14-40-35-43(28-27-38(40)13-1)47-18-4-3-17-46(47)42-15-11-16-45(36-42)59(44-32-29-39(30-33-44)41-31-34-50-49-20-6-9-24-54(49)61-57(50)37-41)53-23-8-5-19-48(53)51-22-12-26-56-58(51)52-21-7-10-25-55(52)60-56/h1-37H. The maximum absolute atomic E-state index is 2.45. The van der Waals surface area contributed by atoms with Gasteiger partial charge in [0.05, 0.1) is 5.69 Å². The maximum atomic E-state index is 2.45. The number of fused-ring (bicyclic) bond motifs is 7. The Labute approximate surface area is 362 Å². The molecule has 0 aliphatic carbocycles. The minimum Gasteiger partial charge on any atom is -0.310 e. The van der Waals surface area contributed by atoms with Crippen molar-refractivity contribution in [1.82, 2.24) is 0 Å². The fourth-order valence-corrected chi connectivity index (χ4v) is 11.5. The number of anilines is 3. The van der Waals surface area contributed by atoms with Crippen LogP contribution in [0.2, 0.25) is 0 Å². The molecule has 0 atom stereocenters. The van der Waals surface area contributed by atoms with Crippen LogP contribution in [0.5, 0.6) is 0 Å². The van der Waals surface area contributed by atoms with E-state index in [9.17, 15) is 0 Å². The van der Waals surface area contributed by atoms with Gasteiger partial charge >= 0.3 is 0 Å². The first-order chi connectivity index (χ1) is 30.2. The molecule has 2 aromatic heterocycles. The van der Waals surface area contributed by atoms with E-state index < -0.39 is 0 Å². The molecule has 3 heteroatoms. The van der Waals surface area contributed by atoms with Gasteiger partial charge in [-0.1, -0.05) is 164 Å². The van der Waals surface area contributed by atoms with Crippen LogP contribution < -0.4 is 4.90 Å². The molecule has 12 aromatic rings. The summed E-state index contributed by atoms with van der Waals surface area (Å²) in [5.74, 6) is 0. The molecule has 0 spiro atoms. The first-order valence-electron chi connectivity index (χ1n) is 20.7. The lowest BCUT2D eigenvalue weighted by Gasteiger charge is -2.29. The zero-order valence-corrected chi connectivity index (χ0v) is 34.8. The molecule has 0 saturated carbocycles. The van der Waals surface area contributed by atoms with E-state index in [1.807, 2.05) is 22.7 Å². The molecule has 0 fully saturated rings. The first-order valence-corrected chi connectivity index (χ1v) is 22.4. The SMILES string of the molecule is c1cc(-c2ccccc2-c2ccc3ccccc3c2)cc(N(c2ccc(-c3ccc4c(c3)sc3ccccc34)cc2)c2ccccc2-c2cccc3sc4ccccc4c23)c1. The van der Waals surface area contributed by atoms with Gasteiger partial charge in [-0.25, -0.2) is 0 Å². The monoisotopic (exact) mass is 811 g/mol. The first kappa shape index (κ1) is 35.6. The van der Waals surface area contributed by atoms with Gasteiger partial charge in [0.15, 0.2) is 0 Å². The Kier molecular flexibility index (Phi) is 8.62. The van der Waals surface area contributed by atoms with E-state index in [1.54, 1.807) is 0 Å². The zero-order chi connectivity index (χ0) is 40.3. The lowest BCUT2D eigenvalue weighted by Crippen LogP contribution is -2.11. The Balaban J connectivity index is 1.02. The summed E-state index contributed by atoms with van der Waals surface area (Å²) in [5.41, 5.74) is 13.0. The van der Waals surface area contributed by atoms with Crippen molar-refractivity contribution < 1.29 is 0 Å². The third-order valence-electron chi connectivity index (χ3n) is 12.1. The minimum atomic E-state index is 1.10. The van der Waals surface area contributed by atoms with Crippen LogP contribution in [0, 0.1) is 0 Å². The van der Waals surface area contributed by atoms with Gasteiger partial charge in [0, 0.05) is 57.3 Å². The molecule has 2 heterocycles. The van der Waals surface area contributed by atoms with Gasteiger partial charge in [-0.3, -0.25) is 0 Å². The number of hydrogen-bond acceptors (Lipinski definition) is 3. The molecule has 0 unspecified atom stereocenters. The van der Waals surface area contributed by atoms with Crippen LogP contribution >= 0.6 is 22.7 Å². The Hall–Kier alpha value is -7.30. The summed E-state index contributed by atoms with van der Waals surface area (Å²) in [6.45, 7) is 0. The summed E-state index contributed by atoms with van der Waals surface area (Å²) < 4.78 is 5.25. The molecule has 0 saturated heterocycles. The average molecular weight is 812 g/mol. The lowest BCUT2D eigenvalue weighted by atomic mass is 9.92. The Bertz CT molecular complexity index is 3610. The van der Waals surface area contributed by atoms with E-state index in [0.29, 0.717) is 0 Å². The molecule has 0 bridgehead atoms. The highest BCUT2D eigenvalue weighted by Crippen LogP contribution is 2.47. The van der Waals surface area contributed by atoms with Crippen molar-refractivity contribution in [2.75, 3.05) is 4.90 Å². The summed E-state index contributed by atoms with van der Waals surface area (Å²) in [6.07, 6.45) is 0. The van der Waals surface area contributed by atoms with E-state index in [0.717, 1.165) is 17.1 Å². The highest BCUT2D eigenvalue weighted by atomic mass is 32.1. The highest BCUT2D eigenvalue weighted by Gasteiger charge is 2.21. The summed E-state index contributed by atoms with van der Waals surface area (Å²) >= 11 is 3.73. The molecule has 61 heavy (non-hydrogen) atoms. The lowest BCUT2D eigenvalue weighted by molar-refractivity contribution is 1.28. The van der Waals surface area contributed by atoms with E-state index in [-0.39, 0.29) is 0 Å². The van der Waals surface area contributed by atoms with Gasteiger partial charge in [-0.15, -0.1) is 22.7 Å². The van der Waals surface area contributed by atoms with Gasteiger partial charge < -0.3 is 4.90 Å². The summed E-state index contributed by atoms with van der Waals surface area (Å²) in [7, 11) is 0. The van der Waals surface area contributed by atoms with Crippen molar-refractivity contribution in [2.24, 2.45) is 0 Å². The third kappa shape index (κ3) is 6.21. The van der Waals surface area contributed by atoms with Crippen LogP contribution in [0.4, 0.5) is 17.1 Å². The van der Waals surface area contributed by atoms with Gasteiger partial charge in [0.1, 0.15) is 0 Å². The number of thiophene rings is 2. The third-order valence-corrected chi connectivity index (χ3v) is 14.3. The van der Waals surface area contributed by atoms with Crippen molar-refractivity contribution in [3.8, 4) is 44.5 Å². The quantitative estimate of drug-likeness (QED) is 0.155. The van der Waals surface area contributed by atoms with Crippen LogP contribution in [0.3, 0.4) is 0 Å². The summed E-state index contributed by atoms with van der Waals surface area (Å²) in [5, 5.41) is 7.74. The molecule has 0 aliphatic heterocycles. The second-order valence-electron chi connectivity index (χ2n) is 15.6. The molecule has 1 nitrogen and oxygen atoms in total.